The normalized spacial score (nSPS) is 39.6. The molecule has 0 unspecified atom stereocenters. The Morgan fingerprint density at radius 3 is 2.70 bits per heavy atom. The number of hydrogen-bond acceptors (Lipinski definition) is 3. The summed E-state index contributed by atoms with van der Waals surface area (Å²) in [5, 5.41) is 0. The number of pyridine rings is 1. The smallest absolute Gasteiger partial charge is 0.0935 e. The maximum atomic E-state index is 6.48. The number of rotatable bonds is 4. The van der Waals surface area contributed by atoms with Crippen LogP contribution in [-0.4, -0.2) is 26.2 Å². The lowest BCUT2D eigenvalue weighted by Gasteiger charge is -2.35. The van der Waals surface area contributed by atoms with Crippen molar-refractivity contribution in [2.75, 3.05) is 0 Å². The lowest BCUT2D eigenvalue weighted by molar-refractivity contribution is -0.0954. The third kappa shape index (κ3) is 2.29. The largest absolute Gasteiger partial charge is 0.370 e. The van der Waals surface area contributed by atoms with Crippen LogP contribution in [0.3, 0.4) is 0 Å². The van der Waals surface area contributed by atoms with Gasteiger partial charge in [-0.1, -0.05) is 36.4 Å². The summed E-state index contributed by atoms with van der Waals surface area (Å²) in [5.41, 5.74) is 1.05. The zero-order valence-electron chi connectivity index (χ0n) is 12.3. The number of halogens is 1. The van der Waals surface area contributed by atoms with E-state index in [1.807, 2.05) is 24.5 Å². The highest BCUT2D eigenvalue weighted by Gasteiger charge is 2.65. The van der Waals surface area contributed by atoms with Gasteiger partial charge in [0.25, 0.3) is 0 Å². The first-order chi connectivity index (χ1) is 9.46. The van der Waals surface area contributed by atoms with Crippen molar-refractivity contribution in [2.45, 2.75) is 61.5 Å². The summed E-state index contributed by atoms with van der Waals surface area (Å²) in [7, 11) is 0. The first-order valence-corrected chi connectivity index (χ1v) is 8.55. The van der Waals surface area contributed by atoms with Gasteiger partial charge in [0.1, 0.15) is 0 Å². The summed E-state index contributed by atoms with van der Waals surface area (Å²) in [4.78, 5) is 4.04. The molecule has 3 nitrogen and oxygen atoms in total. The second-order valence-electron chi connectivity index (χ2n) is 6.56. The summed E-state index contributed by atoms with van der Waals surface area (Å²) < 4.78 is 13.3. The van der Waals surface area contributed by atoms with Crippen LogP contribution in [-0.2, 0) is 16.1 Å². The number of hydrogen-bond donors (Lipinski definition) is 0. The molecule has 0 saturated carbocycles. The van der Waals surface area contributed by atoms with E-state index in [0.717, 1.165) is 12.8 Å². The van der Waals surface area contributed by atoms with Gasteiger partial charge in [0.05, 0.1) is 23.9 Å². The molecule has 4 atom stereocenters. The highest BCUT2D eigenvalue weighted by Crippen LogP contribution is 2.57. The zero-order chi connectivity index (χ0) is 14.4. The average molecular weight is 387 g/mol. The van der Waals surface area contributed by atoms with Gasteiger partial charge in [-0.15, -0.1) is 0 Å². The molecule has 2 aliphatic rings. The fourth-order valence-corrected chi connectivity index (χ4v) is 5.54. The lowest BCUT2D eigenvalue weighted by atomic mass is 9.75. The fourth-order valence-electron chi connectivity index (χ4n) is 3.57. The summed E-state index contributed by atoms with van der Waals surface area (Å²) >= 11 is 2.56. The number of fused-ring (bicyclic) bond motifs is 2. The van der Waals surface area contributed by atoms with Crippen LogP contribution < -0.4 is 0 Å². The molecule has 2 fully saturated rings. The van der Waals surface area contributed by atoms with Crippen molar-refractivity contribution < 1.29 is 9.47 Å². The Kier molecular flexibility index (Phi) is 3.84. The summed E-state index contributed by atoms with van der Waals surface area (Å²) in [6.07, 6.45) is 5.93. The second-order valence-corrected chi connectivity index (χ2v) is 8.06. The summed E-state index contributed by atoms with van der Waals surface area (Å²) in [6.45, 7) is 7.39. The molecule has 0 spiro atoms. The van der Waals surface area contributed by atoms with Crippen molar-refractivity contribution in [3.63, 3.8) is 0 Å². The van der Waals surface area contributed by atoms with E-state index in [-0.39, 0.29) is 17.3 Å². The van der Waals surface area contributed by atoms with E-state index in [0.29, 0.717) is 16.4 Å². The Hall–Kier alpha value is -0.200. The van der Waals surface area contributed by atoms with Gasteiger partial charge >= 0.3 is 0 Å². The highest BCUT2D eigenvalue weighted by molar-refractivity contribution is 14.1. The average Bonchev–Trinajstić information content (AvgIpc) is 2.85. The first-order valence-electron chi connectivity index (χ1n) is 7.31. The van der Waals surface area contributed by atoms with Gasteiger partial charge in [-0.2, -0.15) is 0 Å². The van der Waals surface area contributed by atoms with Gasteiger partial charge in [-0.05, 0) is 37.0 Å². The fraction of sp³-hybridized carbons (Fsp3) is 0.688. The van der Waals surface area contributed by atoms with E-state index in [1.54, 1.807) is 0 Å². The molecule has 3 rings (SSSR count). The number of ether oxygens (including phenoxy) is 2. The number of alkyl halides is 1. The quantitative estimate of drug-likeness (QED) is 0.583. The molecule has 0 N–H and O–H groups in total. The van der Waals surface area contributed by atoms with Gasteiger partial charge in [0.2, 0.25) is 0 Å². The molecule has 20 heavy (non-hydrogen) atoms. The van der Waals surface area contributed by atoms with E-state index < -0.39 is 0 Å². The van der Waals surface area contributed by atoms with E-state index in [4.69, 9.17) is 9.47 Å². The Labute approximate surface area is 134 Å². The predicted octanol–water partition coefficient (Wildman–Crippen LogP) is 3.75. The van der Waals surface area contributed by atoms with Crippen LogP contribution in [0.2, 0.25) is 0 Å². The molecule has 2 saturated heterocycles. The molecule has 0 aromatic carbocycles. The van der Waals surface area contributed by atoms with Crippen LogP contribution in [0.1, 0.15) is 39.2 Å². The lowest BCUT2D eigenvalue weighted by Crippen LogP contribution is -2.44. The number of aromatic nitrogens is 1. The van der Waals surface area contributed by atoms with Gasteiger partial charge in [-0.25, -0.2) is 0 Å². The third-order valence-electron chi connectivity index (χ3n) is 4.90. The molecular weight excluding hydrogens is 365 g/mol. The topological polar surface area (TPSA) is 31.4 Å². The molecule has 1 aromatic heterocycles. The van der Waals surface area contributed by atoms with Crippen LogP contribution in [0.15, 0.2) is 24.5 Å². The van der Waals surface area contributed by atoms with Crippen molar-refractivity contribution in [3.8, 4) is 0 Å². The SMILES string of the molecule is CC(C)[C@@]12C[C@H](OCc3ccncc3)[C@@](C)(C[C@H]1I)O2. The Balaban J connectivity index is 1.71. The summed E-state index contributed by atoms with van der Waals surface area (Å²) in [6, 6.07) is 4.02. The van der Waals surface area contributed by atoms with Gasteiger partial charge in [-0.3, -0.25) is 4.98 Å². The van der Waals surface area contributed by atoms with Gasteiger partial charge in [0.15, 0.2) is 0 Å². The highest BCUT2D eigenvalue weighted by atomic mass is 127. The molecule has 2 aliphatic heterocycles. The molecule has 3 heterocycles. The van der Waals surface area contributed by atoms with E-state index in [1.165, 1.54) is 5.56 Å². The molecule has 2 bridgehead atoms. The van der Waals surface area contributed by atoms with Crippen molar-refractivity contribution in [1.29, 1.82) is 0 Å². The Morgan fingerprint density at radius 1 is 1.40 bits per heavy atom. The Morgan fingerprint density at radius 2 is 2.10 bits per heavy atom. The molecule has 0 radical (unpaired) electrons. The molecule has 0 aliphatic carbocycles. The predicted molar refractivity (Wildman–Crippen MR) is 86.9 cm³/mol. The van der Waals surface area contributed by atoms with Crippen LogP contribution in [0, 0.1) is 5.92 Å². The van der Waals surface area contributed by atoms with Crippen LogP contribution in [0.4, 0.5) is 0 Å². The monoisotopic (exact) mass is 387 g/mol. The van der Waals surface area contributed by atoms with Gasteiger partial charge in [0, 0.05) is 22.7 Å². The van der Waals surface area contributed by atoms with Gasteiger partial charge < -0.3 is 9.47 Å². The maximum Gasteiger partial charge on any atom is 0.0935 e. The van der Waals surface area contributed by atoms with E-state index in [2.05, 4.69) is 48.3 Å². The minimum absolute atomic E-state index is 0.00177. The maximum absolute atomic E-state index is 6.48. The van der Waals surface area contributed by atoms with Crippen molar-refractivity contribution in [1.82, 2.24) is 4.98 Å². The molecule has 110 valence electrons. The Bertz CT molecular complexity index is 481. The molecular formula is C16H22INO2. The molecule has 4 heteroatoms. The molecule has 0 amide bonds. The van der Waals surface area contributed by atoms with Crippen molar-refractivity contribution in [2.24, 2.45) is 5.92 Å². The standard InChI is InChI=1S/C16H22INO2/c1-11(2)16-9-14(15(3,20-16)8-13(16)17)19-10-12-4-6-18-7-5-12/h4-7,11,13-14H,8-10H2,1-3H3/t13-,14+,15-,16+/m1/s1. The van der Waals surface area contributed by atoms with Crippen LogP contribution in [0.25, 0.3) is 0 Å². The second kappa shape index (κ2) is 5.21. The molecule has 1 aromatic rings. The van der Waals surface area contributed by atoms with Crippen LogP contribution >= 0.6 is 22.6 Å². The van der Waals surface area contributed by atoms with Crippen molar-refractivity contribution >= 4 is 22.6 Å². The van der Waals surface area contributed by atoms with Crippen LogP contribution in [0.5, 0.6) is 0 Å². The zero-order valence-corrected chi connectivity index (χ0v) is 14.5. The van der Waals surface area contributed by atoms with E-state index in [9.17, 15) is 0 Å². The number of nitrogens with zero attached hydrogens (tertiary/aromatic N) is 1. The summed E-state index contributed by atoms with van der Waals surface area (Å²) in [5.74, 6) is 0.528. The first kappa shape index (κ1) is 14.7. The minimum Gasteiger partial charge on any atom is -0.370 e. The van der Waals surface area contributed by atoms with E-state index >= 15 is 0 Å². The minimum atomic E-state index is -0.122. The third-order valence-corrected chi connectivity index (χ3v) is 6.40. The van der Waals surface area contributed by atoms with Crippen molar-refractivity contribution in [3.05, 3.63) is 30.1 Å².